The Morgan fingerprint density at radius 1 is 1.16 bits per heavy atom. The van der Waals surface area contributed by atoms with Crippen LogP contribution in [0.15, 0.2) is 30.6 Å². The summed E-state index contributed by atoms with van der Waals surface area (Å²) in [5.41, 5.74) is 8.21. The smallest absolute Gasteiger partial charge is 0.273 e. The number of nitrogens with two attached hydrogens (primary N) is 1. The molecule has 4 rings (SSSR count). The monoisotopic (exact) mass is 505 g/mol. The fraction of sp³-hybridized carbons (Fsp3) is 0.346. The van der Waals surface area contributed by atoms with E-state index in [0.717, 1.165) is 18.2 Å². The summed E-state index contributed by atoms with van der Waals surface area (Å²) in [6, 6.07) is 5.42. The van der Waals surface area contributed by atoms with Crippen molar-refractivity contribution in [2.24, 2.45) is 11.1 Å². The zero-order chi connectivity index (χ0) is 26.7. The second-order valence-electron chi connectivity index (χ2n) is 9.25. The van der Waals surface area contributed by atoms with Crippen molar-refractivity contribution in [1.29, 1.82) is 10.8 Å². The van der Waals surface area contributed by atoms with E-state index in [1.807, 2.05) is 6.07 Å². The number of methoxy groups -OCH3 is 1. The molecule has 6 N–H and O–H groups in total. The van der Waals surface area contributed by atoms with Crippen molar-refractivity contribution in [3.63, 3.8) is 0 Å². The first-order valence-electron chi connectivity index (χ1n) is 12.0. The summed E-state index contributed by atoms with van der Waals surface area (Å²) in [4.78, 5) is 45.2. The van der Waals surface area contributed by atoms with Crippen LogP contribution in [0.1, 0.15) is 51.2 Å². The van der Waals surface area contributed by atoms with Gasteiger partial charge in [0.15, 0.2) is 0 Å². The van der Waals surface area contributed by atoms with E-state index in [9.17, 15) is 14.4 Å². The number of anilines is 1. The van der Waals surface area contributed by atoms with E-state index >= 15 is 0 Å². The van der Waals surface area contributed by atoms with Crippen molar-refractivity contribution < 1.29 is 19.1 Å². The average molecular weight is 506 g/mol. The lowest BCUT2D eigenvalue weighted by atomic mass is 9.77. The van der Waals surface area contributed by atoms with Gasteiger partial charge in [0.25, 0.3) is 11.8 Å². The van der Waals surface area contributed by atoms with Gasteiger partial charge < -0.3 is 36.0 Å². The normalized spacial score (nSPS) is 17.1. The van der Waals surface area contributed by atoms with Crippen LogP contribution in [-0.4, -0.2) is 66.9 Å². The summed E-state index contributed by atoms with van der Waals surface area (Å²) in [5, 5.41) is 16.9. The quantitative estimate of drug-likeness (QED) is 0.287. The highest BCUT2D eigenvalue weighted by atomic mass is 16.5. The Morgan fingerprint density at radius 2 is 1.86 bits per heavy atom. The third-order valence-corrected chi connectivity index (χ3v) is 7.46. The number of nitrogens with zero attached hydrogens (tertiary/aromatic N) is 2. The van der Waals surface area contributed by atoms with E-state index in [1.54, 1.807) is 28.9 Å². The van der Waals surface area contributed by atoms with Crippen molar-refractivity contribution in [1.82, 2.24) is 15.2 Å². The first-order valence-corrected chi connectivity index (χ1v) is 12.0. The van der Waals surface area contributed by atoms with Crippen molar-refractivity contribution in [3.8, 4) is 5.75 Å². The number of hydrogen-bond acceptors (Lipinski definition) is 7. The SMILES string of the molecule is COc1cc(N2CCC3(CCN(C(=O)c4c[nH]c(C(=O)NC=N)c4C)CC3)C2=O)ccc1/C(C=N)=C/N. The minimum atomic E-state index is -0.526. The third-order valence-electron chi connectivity index (χ3n) is 7.46. The van der Waals surface area contributed by atoms with Crippen LogP contribution >= 0.6 is 0 Å². The van der Waals surface area contributed by atoms with Gasteiger partial charge in [0.2, 0.25) is 5.91 Å². The molecule has 0 bridgehead atoms. The molecule has 2 aliphatic heterocycles. The predicted octanol–water partition coefficient (Wildman–Crippen LogP) is 2.28. The van der Waals surface area contributed by atoms with E-state index in [1.165, 1.54) is 19.5 Å². The van der Waals surface area contributed by atoms with Crippen LogP contribution in [0, 0.1) is 23.2 Å². The number of ether oxygens (including phenoxy) is 1. The van der Waals surface area contributed by atoms with Gasteiger partial charge >= 0.3 is 0 Å². The molecule has 11 nitrogen and oxygen atoms in total. The van der Waals surface area contributed by atoms with Crippen LogP contribution in [0.25, 0.3) is 5.57 Å². The Bertz CT molecular complexity index is 1290. The Hall–Kier alpha value is -4.41. The molecule has 2 aromatic rings. The summed E-state index contributed by atoms with van der Waals surface area (Å²) >= 11 is 0. The Balaban J connectivity index is 1.46. The summed E-state index contributed by atoms with van der Waals surface area (Å²) in [5.74, 6) is -0.0875. The highest BCUT2D eigenvalue weighted by Gasteiger charge is 2.49. The van der Waals surface area contributed by atoms with Crippen LogP contribution in [0.2, 0.25) is 0 Å². The predicted molar refractivity (Wildman–Crippen MR) is 140 cm³/mol. The van der Waals surface area contributed by atoms with E-state index < -0.39 is 11.3 Å². The Labute approximate surface area is 214 Å². The number of nitrogens with one attached hydrogen (secondary N) is 4. The average Bonchev–Trinajstić information content (AvgIpc) is 3.45. The molecule has 1 aromatic carbocycles. The number of aromatic nitrogens is 1. The Kier molecular flexibility index (Phi) is 7.14. The fourth-order valence-corrected chi connectivity index (χ4v) is 5.23. The van der Waals surface area contributed by atoms with Crippen molar-refractivity contribution in [2.45, 2.75) is 26.2 Å². The number of benzene rings is 1. The number of amides is 3. The maximum Gasteiger partial charge on any atom is 0.273 e. The summed E-state index contributed by atoms with van der Waals surface area (Å²) in [7, 11) is 1.54. The molecule has 11 heteroatoms. The maximum absolute atomic E-state index is 13.6. The molecule has 2 saturated heterocycles. The van der Waals surface area contributed by atoms with Crippen molar-refractivity contribution in [3.05, 3.63) is 53.0 Å². The Morgan fingerprint density at radius 3 is 2.49 bits per heavy atom. The van der Waals surface area contributed by atoms with Crippen molar-refractivity contribution >= 4 is 41.5 Å². The van der Waals surface area contributed by atoms with E-state index in [-0.39, 0.29) is 17.5 Å². The van der Waals surface area contributed by atoms with E-state index in [2.05, 4.69) is 10.3 Å². The molecule has 3 heterocycles. The summed E-state index contributed by atoms with van der Waals surface area (Å²) in [6.07, 6.45) is 6.63. The lowest BCUT2D eigenvalue weighted by Crippen LogP contribution is -2.46. The molecule has 3 amide bonds. The molecule has 2 aliphatic rings. The minimum Gasteiger partial charge on any atom is -0.496 e. The number of allylic oxidation sites excluding steroid dienone is 1. The highest BCUT2D eigenvalue weighted by molar-refractivity contribution is 6.10. The first-order chi connectivity index (χ1) is 17.8. The molecule has 0 atom stereocenters. The van der Waals surface area contributed by atoms with Crippen LogP contribution < -0.4 is 20.7 Å². The zero-order valence-electron chi connectivity index (χ0n) is 20.9. The second-order valence-corrected chi connectivity index (χ2v) is 9.25. The van der Waals surface area contributed by atoms with Gasteiger partial charge in [-0.15, -0.1) is 0 Å². The van der Waals surface area contributed by atoms with E-state index in [4.69, 9.17) is 21.3 Å². The number of H-pyrrole nitrogens is 1. The standard InChI is InChI=1S/C26H31N7O4/c1-16-20(14-30-22(16)23(34)31-15-29)24(35)32-8-5-26(6-9-32)7-10-33(25(26)36)18-3-4-19(17(12-27)13-28)21(11-18)37-2/h3-4,11-15,27,30H,5-10,28H2,1-2H3,(H2,29,31,34)/b17-13+,27-12?. The fourth-order valence-electron chi connectivity index (χ4n) is 5.23. The molecule has 1 spiro atoms. The van der Waals surface area contributed by atoms with Gasteiger partial charge in [0.05, 0.1) is 24.4 Å². The van der Waals surface area contributed by atoms with Crippen LogP contribution in [0.4, 0.5) is 5.69 Å². The largest absolute Gasteiger partial charge is 0.496 e. The van der Waals surface area contributed by atoms with Gasteiger partial charge in [0.1, 0.15) is 11.4 Å². The van der Waals surface area contributed by atoms with Gasteiger partial charge in [-0.3, -0.25) is 19.8 Å². The van der Waals surface area contributed by atoms with Gasteiger partial charge in [-0.2, -0.15) is 0 Å². The van der Waals surface area contributed by atoms with Crippen LogP contribution in [0.3, 0.4) is 0 Å². The number of hydrogen-bond donors (Lipinski definition) is 5. The van der Waals surface area contributed by atoms with Crippen LogP contribution in [0.5, 0.6) is 5.75 Å². The first kappa shape index (κ1) is 25.7. The minimum absolute atomic E-state index is 0.0412. The van der Waals surface area contributed by atoms with Gasteiger partial charge in [0, 0.05) is 61.1 Å². The molecular weight excluding hydrogens is 474 g/mol. The molecule has 2 fully saturated rings. The van der Waals surface area contributed by atoms with Gasteiger partial charge in [-0.25, -0.2) is 0 Å². The maximum atomic E-state index is 13.6. The zero-order valence-corrected chi connectivity index (χ0v) is 20.9. The molecular formula is C26H31N7O4. The molecule has 0 radical (unpaired) electrons. The third kappa shape index (κ3) is 4.48. The number of piperidine rings is 1. The molecule has 0 saturated carbocycles. The number of aromatic amines is 1. The number of likely N-dealkylation sites (tertiary alicyclic amines) is 1. The molecule has 1 aromatic heterocycles. The topological polar surface area (TPSA) is 168 Å². The molecule has 0 aliphatic carbocycles. The van der Waals surface area contributed by atoms with E-state index in [0.29, 0.717) is 66.9 Å². The summed E-state index contributed by atoms with van der Waals surface area (Å²) in [6.45, 7) is 3.15. The highest BCUT2D eigenvalue weighted by Crippen LogP contribution is 2.44. The van der Waals surface area contributed by atoms with Crippen LogP contribution in [-0.2, 0) is 4.79 Å². The number of rotatable bonds is 7. The molecule has 0 unspecified atom stereocenters. The lowest BCUT2D eigenvalue weighted by Gasteiger charge is -2.38. The number of carbonyl (C=O) groups is 3. The second kappa shape index (κ2) is 10.3. The summed E-state index contributed by atoms with van der Waals surface area (Å²) < 4.78 is 5.50. The molecule has 194 valence electrons. The molecule has 37 heavy (non-hydrogen) atoms. The lowest BCUT2D eigenvalue weighted by molar-refractivity contribution is -0.127. The van der Waals surface area contributed by atoms with Gasteiger partial charge in [-0.1, -0.05) is 0 Å². The number of carbonyl (C=O) groups excluding carboxylic acids is 3. The van der Waals surface area contributed by atoms with Crippen molar-refractivity contribution in [2.75, 3.05) is 31.6 Å². The van der Waals surface area contributed by atoms with Gasteiger partial charge in [-0.05, 0) is 43.9 Å².